The minimum absolute atomic E-state index is 0.0657. The minimum Gasteiger partial charge on any atom is -0.421 e. The molecule has 0 fully saturated rings. The van der Waals surface area contributed by atoms with Gasteiger partial charge in [-0.05, 0) is 24.3 Å². The van der Waals surface area contributed by atoms with Crippen molar-refractivity contribution in [2.75, 3.05) is 0 Å². The molecule has 4 rings (SSSR count). The number of nitrogens with zero attached hydrogens (tertiary/aromatic N) is 3. The topological polar surface area (TPSA) is 63.7 Å². The molecule has 4 aromatic rings. The van der Waals surface area contributed by atoms with Crippen LogP contribution in [0, 0.1) is 11.6 Å². The molecule has 0 radical (unpaired) electrons. The van der Waals surface area contributed by atoms with E-state index in [9.17, 15) is 8.78 Å². The van der Waals surface area contributed by atoms with Gasteiger partial charge in [-0.2, -0.15) is 10.1 Å². The molecule has 2 aromatic carbocycles. The van der Waals surface area contributed by atoms with Crippen LogP contribution in [0.15, 0.2) is 53.1 Å². The van der Waals surface area contributed by atoms with Crippen LogP contribution in [-0.4, -0.2) is 20.2 Å². The van der Waals surface area contributed by atoms with Gasteiger partial charge in [-0.25, -0.2) is 13.8 Å². The first-order valence-electron chi connectivity index (χ1n) is 7.20. The Balaban J connectivity index is 1.68. The van der Waals surface area contributed by atoms with Crippen LogP contribution in [0.1, 0.15) is 0 Å². The van der Waals surface area contributed by atoms with Crippen molar-refractivity contribution in [3.8, 4) is 23.0 Å². The Bertz CT molecular complexity index is 1070. The van der Waals surface area contributed by atoms with Crippen LogP contribution in [0.4, 0.5) is 8.78 Å². The second kappa shape index (κ2) is 6.21. The lowest BCUT2D eigenvalue weighted by atomic mass is 10.1. The van der Waals surface area contributed by atoms with E-state index < -0.39 is 11.6 Å². The zero-order valence-electron chi connectivity index (χ0n) is 12.5. The van der Waals surface area contributed by atoms with Gasteiger partial charge in [0.2, 0.25) is 0 Å². The summed E-state index contributed by atoms with van der Waals surface area (Å²) in [6, 6.07) is 10.6. The first kappa shape index (κ1) is 15.6. The summed E-state index contributed by atoms with van der Waals surface area (Å²) in [4.78, 5) is 8.26. The molecule has 0 aliphatic heterocycles. The van der Waals surface area contributed by atoms with Gasteiger partial charge < -0.3 is 4.74 Å². The van der Waals surface area contributed by atoms with Gasteiger partial charge in [0.25, 0.3) is 0 Å². The number of ether oxygens (including phenoxy) is 1. The van der Waals surface area contributed by atoms with Crippen LogP contribution in [0.5, 0.6) is 11.8 Å². The molecule has 8 heteroatoms. The number of fused-ring (bicyclic) bond motifs is 1. The smallest absolute Gasteiger partial charge is 0.324 e. The van der Waals surface area contributed by atoms with E-state index in [0.717, 1.165) is 22.2 Å². The number of nitrogens with one attached hydrogen (secondary N) is 1. The van der Waals surface area contributed by atoms with Crippen LogP contribution < -0.4 is 4.74 Å². The molecule has 0 spiro atoms. The van der Waals surface area contributed by atoms with E-state index in [1.165, 1.54) is 6.07 Å². The number of halogens is 3. The molecule has 0 saturated carbocycles. The Morgan fingerprint density at radius 2 is 1.84 bits per heavy atom. The van der Waals surface area contributed by atoms with Crippen molar-refractivity contribution in [3.63, 3.8) is 0 Å². The number of rotatable bonds is 3. The largest absolute Gasteiger partial charge is 0.421 e. The molecule has 1 N–H and O–H groups in total. The van der Waals surface area contributed by atoms with Crippen LogP contribution >= 0.6 is 15.9 Å². The minimum atomic E-state index is -0.830. The molecule has 2 heterocycles. The van der Waals surface area contributed by atoms with Crippen LogP contribution in [-0.2, 0) is 0 Å². The monoisotopic (exact) mass is 402 g/mol. The molecule has 0 unspecified atom stereocenters. The van der Waals surface area contributed by atoms with Crippen molar-refractivity contribution < 1.29 is 13.5 Å². The predicted molar refractivity (Wildman–Crippen MR) is 91.3 cm³/mol. The molecule has 25 heavy (non-hydrogen) atoms. The molecule has 5 nitrogen and oxygen atoms in total. The predicted octanol–water partition coefficient (Wildman–Crippen LogP) is 4.85. The zero-order valence-corrected chi connectivity index (χ0v) is 14.1. The summed E-state index contributed by atoms with van der Waals surface area (Å²) < 4.78 is 32.9. The van der Waals surface area contributed by atoms with E-state index in [1.807, 2.05) is 24.3 Å². The van der Waals surface area contributed by atoms with Gasteiger partial charge in [-0.3, -0.25) is 5.10 Å². The quantitative estimate of drug-likeness (QED) is 0.531. The normalized spacial score (nSPS) is 11.0. The summed E-state index contributed by atoms with van der Waals surface area (Å²) in [6.45, 7) is 0. The number of aromatic amines is 1. The molecule has 0 atom stereocenters. The van der Waals surface area contributed by atoms with Crippen LogP contribution in [0.3, 0.4) is 0 Å². The summed E-state index contributed by atoms with van der Waals surface area (Å²) in [6.07, 6.45) is 1.54. The van der Waals surface area contributed by atoms with Gasteiger partial charge in [0.05, 0.1) is 5.39 Å². The second-order valence-electron chi connectivity index (χ2n) is 5.17. The average molecular weight is 403 g/mol. The highest BCUT2D eigenvalue weighted by Gasteiger charge is 2.13. The van der Waals surface area contributed by atoms with E-state index in [0.29, 0.717) is 16.7 Å². The lowest BCUT2D eigenvalue weighted by Gasteiger charge is -2.04. The maximum atomic E-state index is 13.7. The third-order valence-corrected chi connectivity index (χ3v) is 4.04. The zero-order chi connectivity index (χ0) is 17.4. The number of hydrogen-bond acceptors (Lipinski definition) is 4. The number of benzene rings is 2. The second-order valence-corrected chi connectivity index (χ2v) is 6.09. The number of aromatic nitrogens is 4. The molecule has 2 aromatic heterocycles. The van der Waals surface area contributed by atoms with Crippen molar-refractivity contribution in [3.05, 3.63) is 64.8 Å². The lowest BCUT2D eigenvalue weighted by molar-refractivity contribution is 0.409. The van der Waals surface area contributed by atoms with E-state index in [1.54, 1.807) is 6.20 Å². The Morgan fingerprint density at radius 1 is 1.04 bits per heavy atom. The number of hydrogen-bond donors (Lipinski definition) is 1. The maximum Gasteiger partial charge on any atom is 0.324 e. The Morgan fingerprint density at radius 3 is 2.60 bits per heavy atom. The molecule has 0 bridgehead atoms. The fraction of sp³-hybridized carbons (Fsp3) is 0. The van der Waals surface area contributed by atoms with Crippen molar-refractivity contribution in [2.24, 2.45) is 0 Å². The van der Waals surface area contributed by atoms with Crippen LogP contribution in [0.2, 0.25) is 0 Å². The first-order chi connectivity index (χ1) is 12.1. The summed E-state index contributed by atoms with van der Waals surface area (Å²) >= 11 is 3.39. The molecule has 0 amide bonds. The maximum absolute atomic E-state index is 13.7. The van der Waals surface area contributed by atoms with Gasteiger partial charge in [-0.15, -0.1) is 0 Å². The fourth-order valence-electron chi connectivity index (χ4n) is 2.33. The summed E-state index contributed by atoms with van der Waals surface area (Å²) in [5.41, 5.74) is 2.05. The average Bonchev–Trinajstić information content (AvgIpc) is 3.01. The van der Waals surface area contributed by atoms with E-state index in [-0.39, 0.29) is 11.8 Å². The molecule has 0 aliphatic carbocycles. The highest BCUT2D eigenvalue weighted by molar-refractivity contribution is 9.10. The molecule has 124 valence electrons. The van der Waals surface area contributed by atoms with E-state index in [2.05, 4.69) is 36.1 Å². The number of H-pyrrole nitrogens is 1. The highest BCUT2D eigenvalue weighted by Crippen LogP contribution is 2.28. The van der Waals surface area contributed by atoms with Crippen molar-refractivity contribution >= 4 is 27.0 Å². The third kappa shape index (κ3) is 3.08. The van der Waals surface area contributed by atoms with E-state index in [4.69, 9.17) is 4.74 Å². The summed E-state index contributed by atoms with van der Waals surface area (Å²) in [7, 11) is 0. The van der Waals surface area contributed by atoms with E-state index >= 15 is 0 Å². The van der Waals surface area contributed by atoms with Crippen LogP contribution in [0.25, 0.3) is 22.3 Å². The first-order valence-corrected chi connectivity index (χ1v) is 7.99. The Labute approximate surface area is 148 Å². The summed E-state index contributed by atoms with van der Waals surface area (Å²) in [5, 5.41) is 7.76. The molecule has 0 aliphatic rings. The molecular formula is C17H9BrF2N4O. The van der Waals surface area contributed by atoms with Gasteiger partial charge in [0.1, 0.15) is 11.5 Å². The fourth-order valence-corrected chi connectivity index (χ4v) is 2.59. The standard InChI is InChI=1S/C17H9BrF2N4O/c18-10-3-1-9(2-4-10)15-12-8-21-17(22-16(12)24-23-15)25-14-6-5-11(19)7-13(14)20/h1-8H,(H,21,22,23,24). The van der Waals surface area contributed by atoms with Gasteiger partial charge in [0.15, 0.2) is 17.2 Å². The van der Waals surface area contributed by atoms with Gasteiger partial charge >= 0.3 is 6.01 Å². The van der Waals surface area contributed by atoms with Crippen molar-refractivity contribution in [1.82, 2.24) is 20.2 Å². The van der Waals surface area contributed by atoms with Gasteiger partial charge in [0, 0.05) is 22.3 Å². The van der Waals surface area contributed by atoms with Crippen molar-refractivity contribution in [1.29, 1.82) is 0 Å². The highest BCUT2D eigenvalue weighted by atomic mass is 79.9. The molecular weight excluding hydrogens is 394 g/mol. The summed E-state index contributed by atoms with van der Waals surface area (Å²) in [5.74, 6) is -1.67. The molecule has 0 saturated heterocycles. The van der Waals surface area contributed by atoms with Gasteiger partial charge in [-0.1, -0.05) is 28.1 Å². The Hall–Kier alpha value is -2.87. The van der Waals surface area contributed by atoms with Crippen molar-refractivity contribution in [2.45, 2.75) is 0 Å². The Kier molecular flexibility index (Phi) is 3.89. The SMILES string of the molecule is Fc1ccc(Oc2ncc3c(-c4ccc(Br)cc4)n[nH]c3n2)c(F)c1. The third-order valence-electron chi connectivity index (χ3n) is 3.51. The lowest BCUT2D eigenvalue weighted by Crippen LogP contribution is -1.94.